The zero-order chi connectivity index (χ0) is 46.0. The molecule has 16 heteroatoms. The number of hydrogen-bond acceptors (Lipinski definition) is 12. The minimum atomic E-state index is -4.54. The first-order valence-corrected chi connectivity index (χ1v) is 22.3. The molecule has 1 aromatic carbocycles. The number of rotatable bonds is 18. The molecule has 4 fully saturated rings. The highest BCUT2D eigenvalue weighted by atomic mass is 19.4. The predicted octanol–water partition coefficient (Wildman–Crippen LogP) is 5.59. The van der Waals surface area contributed by atoms with Gasteiger partial charge in [-0.25, -0.2) is 4.79 Å². The van der Waals surface area contributed by atoms with Crippen LogP contribution in [0.25, 0.3) is 0 Å². The number of fused-ring (bicyclic) bond motifs is 4. The van der Waals surface area contributed by atoms with E-state index in [1.54, 1.807) is 6.08 Å². The number of ether oxygens (including phenoxy) is 4. The van der Waals surface area contributed by atoms with Gasteiger partial charge in [-0.15, -0.1) is 0 Å². The van der Waals surface area contributed by atoms with Crippen molar-refractivity contribution in [3.63, 3.8) is 0 Å². The van der Waals surface area contributed by atoms with E-state index in [0.717, 1.165) is 37.8 Å². The number of halogens is 3. The topological polar surface area (TPSA) is 198 Å². The Balaban J connectivity index is 0.823. The fraction of sp³-hybridized carbons (Fsp3) is 0.604. The highest BCUT2D eigenvalue weighted by molar-refractivity contribution is 5.95. The number of nitrogens with one attached hydrogen (secondary N) is 1. The van der Waals surface area contributed by atoms with Gasteiger partial charge in [-0.2, -0.15) is 13.2 Å². The van der Waals surface area contributed by atoms with E-state index >= 15 is 0 Å². The fourth-order valence-corrected chi connectivity index (χ4v) is 11.1. The van der Waals surface area contributed by atoms with Gasteiger partial charge < -0.3 is 39.6 Å². The number of hydrogen-bond donors (Lipinski definition) is 4. The first-order chi connectivity index (χ1) is 30.4. The molecule has 0 radical (unpaired) electrons. The second-order valence-electron chi connectivity index (χ2n) is 18.4. The van der Waals surface area contributed by atoms with Crippen LogP contribution in [0.15, 0.2) is 71.9 Å². The fourth-order valence-electron chi connectivity index (χ4n) is 11.1. The SMILES string of the molecule is CC(=O)N[C@@H](COC(=O)CCC/C=C\C[C@@H]1[C@@H](/C=C/[C@@H](O)COc2cccc(C(F)(F)F)c2)[C@H](O)C[C@@H]1O)C(=O)OCC(=O)[C@@]12CC[C@H]3[C@@H]4CCC5=CC(=O)CC[C@]5(C)C4=CC[C@@]31O2. The summed E-state index contributed by atoms with van der Waals surface area (Å²) in [7, 11) is 0. The minimum absolute atomic E-state index is 0.00358. The molecule has 0 bridgehead atoms. The standard InChI is InChI=1S/C48H58F3NO12/c1-28(53)52-39(44(60)63-27-42(58)47-21-18-38-36-14-12-29-22-31(54)16-19-45(29,2)37(36)17-20-46(38,47)64-47)26-62-43(59)11-6-4-3-5-10-34-35(41(57)24-40(34)56)15-13-32(55)25-61-33-9-7-8-30(23-33)48(49,50)51/h3,5,7-9,13,15,17,22-23,32,34-36,38-41,55-57H,4,6,10-12,14,16,18-21,24-27H2,1-2H3,(H,52,53)/b5-3-,15-13+/t32-,34-,35-,36-,38+,39+,40+,41-,45+,46-,47+/m1/s1. The molecule has 1 aliphatic heterocycles. The van der Waals surface area contributed by atoms with Gasteiger partial charge in [0.1, 0.15) is 30.7 Å². The van der Waals surface area contributed by atoms with Crippen molar-refractivity contribution in [2.75, 3.05) is 19.8 Å². The molecule has 7 rings (SSSR count). The lowest BCUT2D eigenvalue weighted by atomic mass is 9.54. The molecule has 1 amide bonds. The number of carbonyl (C=O) groups is 5. The Morgan fingerprint density at radius 2 is 1.84 bits per heavy atom. The van der Waals surface area contributed by atoms with Crippen molar-refractivity contribution < 1.29 is 71.4 Å². The van der Waals surface area contributed by atoms with Gasteiger partial charge in [0.05, 0.1) is 17.8 Å². The van der Waals surface area contributed by atoms with Crippen molar-refractivity contribution in [1.29, 1.82) is 0 Å². The summed E-state index contributed by atoms with van der Waals surface area (Å²) in [6, 6.07) is 2.97. The average molecular weight is 898 g/mol. The number of aliphatic hydroxyl groups excluding tert-OH is 3. The van der Waals surface area contributed by atoms with Crippen molar-refractivity contribution in [1.82, 2.24) is 5.32 Å². The number of esters is 2. The zero-order valence-electron chi connectivity index (χ0n) is 36.1. The molecule has 6 aliphatic rings. The van der Waals surface area contributed by atoms with Gasteiger partial charge in [-0.1, -0.05) is 54.5 Å². The quantitative estimate of drug-likeness (QED) is 0.0618. The number of carbonyl (C=O) groups excluding carboxylic acids is 5. The van der Waals surface area contributed by atoms with Gasteiger partial charge in [0.15, 0.2) is 24.0 Å². The number of unbranched alkanes of at least 4 members (excludes halogenated alkanes) is 1. The molecule has 13 nitrogen and oxygen atoms in total. The summed E-state index contributed by atoms with van der Waals surface area (Å²) in [4.78, 5) is 63.6. The second kappa shape index (κ2) is 19.1. The number of benzene rings is 1. The lowest BCUT2D eigenvalue weighted by Gasteiger charge is -2.50. The zero-order valence-corrected chi connectivity index (χ0v) is 36.1. The monoisotopic (exact) mass is 897 g/mol. The number of ketones is 2. The normalized spacial score (nSPS) is 32.7. The number of epoxide rings is 1. The van der Waals surface area contributed by atoms with Crippen LogP contribution in [-0.4, -0.2) is 100 Å². The summed E-state index contributed by atoms with van der Waals surface area (Å²) in [5.74, 6) is -2.77. The molecule has 348 valence electrons. The molecular formula is C48H58F3NO12. The Morgan fingerprint density at radius 3 is 2.61 bits per heavy atom. The second-order valence-corrected chi connectivity index (χ2v) is 18.4. The molecule has 1 heterocycles. The summed E-state index contributed by atoms with van der Waals surface area (Å²) >= 11 is 0. The van der Waals surface area contributed by atoms with Gasteiger partial charge in [0.25, 0.3) is 0 Å². The van der Waals surface area contributed by atoms with Crippen LogP contribution >= 0.6 is 0 Å². The molecule has 3 saturated carbocycles. The number of Topliss-reactive ketones (excluding diaryl/α,β-unsaturated/α-hetero) is 1. The summed E-state index contributed by atoms with van der Waals surface area (Å²) in [5.41, 5.74) is -0.138. The Hall–Kier alpha value is -4.64. The van der Waals surface area contributed by atoms with Gasteiger partial charge in [0.2, 0.25) is 11.7 Å². The maximum Gasteiger partial charge on any atom is 0.416 e. The average Bonchev–Trinajstić information content (AvgIpc) is 3.64. The first kappa shape index (κ1) is 47.3. The molecular weight excluding hydrogens is 840 g/mol. The van der Waals surface area contributed by atoms with Crippen LogP contribution in [0.2, 0.25) is 0 Å². The first-order valence-electron chi connectivity index (χ1n) is 22.3. The molecule has 0 unspecified atom stereocenters. The highest BCUT2D eigenvalue weighted by Gasteiger charge is 2.81. The molecule has 4 N–H and O–H groups in total. The molecule has 11 atom stereocenters. The van der Waals surface area contributed by atoms with Gasteiger partial charge in [-0.3, -0.25) is 19.2 Å². The number of aliphatic hydroxyl groups is 3. The van der Waals surface area contributed by atoms with Gasteiger partial charge in [0, 0.05) is 37.5 Å². The number of amides is 1. The molecule has 5 aliphatic carbocycles. The summed E-state index contributed by atoms with van der Waals surface area (Å²) in [6.07, 6.45) is 9.57. The van der Waals surface area contributed by atoms with E-state index in [-0.39, 0.29) is 59.9 Å². The predicted molar refractivity (Wildman–Crippen MR) is 223 cm³/mol. The molecule has 1 aromatic rings. The van der Waals surface area contributed by atoms with E-state index < -0.39 is 84.3 Å². The third-order valence-corrected chi connectivity index (χ3v) is 14.4. The van der Waals surface area contributed by atoms with Crippen LogP contribution in [0.4, 0.5) is 13.2 Å². The van der Waals surface area contributed by atoms with E-state index in [4.69, 9.17) is 18.9 Å². The summed E-state index contributed by atoms with van der Waals surface area (Å²) in [6.45, 7) is 2.07. The van der Waals surface area contributed by atoms with Crippen molar-refractivity contribution in [3.8, 4) is 5.75 Å². The van der Waals surface area contributed by atoms with Crippen LogP contribution in [0.1, 0.15) is 96.5 Å². The molecule has 1 spiro atoms. The van der Waals surface area contributed by atoms with Gasteiger partial charge in [-0.05, 0) is 99.8 Å². The van der Waals surface area contributed by atoms with E-state index in [9.17, 15) is 52.5 Å². The van der Waals surface area contributed by atoms with Crippen LogP contribution in [-0.2, 0) is 44.4 Å². The van der Waals surface area contributed by atoms with E-state index in [1.807, 2.05) is 18.2 Å². The Morgan fingerprint density at radius 1 is 1.05 bits per heavy atom. The third kappa shape index (κ3) is 9.80. The highest BCUT2D eigenvalue weighted by Crippen LogP contribution is 2.72. The van der Waals surface area contributed by atoms with Gasteiger partial charge >= 0.3 is 18.1 Å². The summed E-state index contributed by atoms with van der Waals surface area (Å²) < 4.78 is 61.4. The van der Waals surface area contributed by atoms with E-state index in [2.05, 4.69) is 18.3 Å². The smallest absolute Gasteiger partial charge is 0.416 e. The number of allylic oxidation sites excluding steroid dienone is 5. The lowest BCUT2D eigenvalue weighted by molar-refractivity contribution is -0.156. The summed E-state index contributed by atoms with van der Waals surface area (Å²) in [5, 5.41) is 34.0. The van der Waals surface area contributed by atoms with Crippen LogP contribution < -0.4 is 10.1 Å². The Kier molecular flexibility index (Phi) is 14.1. The molecule has 0 aromatic heterocycles. The maximum absolute atomic E-state index is 13.7. The van der Waals surface area contributed by atoms with Crippen molar-refractivity contribution in [3.05, 3.63) is 77.4 Å². The van der Waals surface area contributed by atoms with Crippen molar-refractivity contribution >= 4 is 29.4 Å². The van der Waals surface area contributed by atoms with Crippen LogP contribution in [0.3, 0.4) is 0 Å². The number of alkyl halides is 3. The maximum atomic E-state index is 13.7. The minimum Gasteiger partial charge on any atom is -0.491 e. The van der Waals surface area contributed by atoms with Crippen LogP contribution in [0.5, 0.6) is 5.75 Å². The van der Waals surface area contributed by atoms with E-state index in [1.165, 1.54) is 36.3 Å². The Bertz CT molecular complexity index is 2100. The largest absolute Gasteiger partial charge is 0.491 e. The Labute approximate surface area is 370 Å². The van der Waals surface area contributed by atoms with Crippen LogP contribution in [0, 0.1) is 29.1 Å². The molecule has 64 heavy (non-hydrogen) atoms. The molecule has 1 saturated heterocycles. The van der Waals surface area contributed by atoms with E-state index in [0.29, 0.717) is 38.5 Å². The third-order valence-electron chi connectivity index (χ3n) is 14.4. The van der Waals surface area contributed by atoms with Crippen molar-refractivity contribution in [2.24, 2.45) is 29.1 Å². The van der Waals surface area contributed by atoms with Crippen molar-refractivity contribution in [2.45, 2.75) is 133 Å². The lowest BCUT2D eigenvalue weighted by Crippen LogP contribution is -2.46.